The van der Waals surface area contributed by atoms with Crippen LogP contribution in [0.15, 0.2) is 18.2 Å². The van der Waals surface area contributed by atoms with E-state index in [2.05, 4.69) is 16.0 Å². The van der Waals surface area contributed by atoms with Crippen molar-refractivity contribution in [2.24, 2.45) is 0 Å². The highest BCUT2D eigenvalue weighted by Crippen LogP contribution is 2.19. The fraction of sp³-hybridized carbons (Fsp3) is 0.273. The van der Waals surface area contributed by atoms with Crippen molar-refractivity contribution in [2.45, 2.75) is 13.3 Å². The Labute approximate surface area is 87.5 Å². The summed E-state index contributed by atoms with van der Waals surface area (Å²) in [7, 11) is 0. The van der Waals surface area contributed by atoms with Crippen molar-refractivity contribution in [1.29, 1.82) is 5.26 Å². The summed E-state index contributed by atoms with van der Waals surface area (Å²) in [4.78, 5) is 7.35. The molecule has 0 spiro atoms. The minimum absolute atomic E-state index is 0.304. The first kappa shape index (κ1) is 9.53. The number of aromatic nitrogens is 2. The summed E-state index contributed by atoms with van der Waals surface area (Å²) in [5, 5.41) is 8.55. The van der Waals surface area contributed by atoms with E-state index < -0.39 is 0 Å². The molecule has 1 aromatic heterocycles. The molecule has 0 bridgehead atoms. The van der Waals surface area contributed by atoms with Crippen LogP contribution in [0.25, 0.3) is 11.0 Å². The first-order valence-corrected chi connectivity index (χ1v) is 4.82. The fourth-order valence-corrected chi connectivity index (χ4v) is 1.46. The summed E-state index contributed by atoms with van der Waals surface area (Å²) in [6.45, 7) is 2.59. The van der Waals surface area contributed by atoms with Crippen LogP contribution >= 0.6 is 0 Å². The van der Waals surface area contributed by atoms with Crippen LogP contribution in [0.1, 0.15) is 12.7 Å². The third-order valence-corrected chi connectivity index (χ3v) is 2.06. The van der Waals surface area contributed by atoms with Gasteiger partial charge >= 0.3 is 0 Å². The second-order valence-corrected chi connectivity index (χ2v) is 3.13. The summed E-state index contributed by atoms with van der Waals surface area (Å²) in [6, 6.07) is 7.72. The number of nitrogens with one attached hydrogen (secondary N) is 1. The highest BCUT2D eigenvalue weighted by Gasteiger charge is 2.03. The van der Waals surface area contributed by atoms with Gasteiger partial charge in [-0.05, 0) is 19.1 Å². The van der Waals surface area contributed by atoms with E-state index in [1.165, 1.54) is 0 Å². The van der Waals surface area contributed by atoms with E-state index in [1.54, 1.807) is 0 Å². The van der Waals surface area contributed by atoms with Gasteiger partial charge < -0.3 is 9.72 Å². The molecule has 1 N–H and O–H groups in total. The van der Waals surface area contributed by atoms with Crippen molar-refractivity contribution in [3.8, 4) is 11.8 Å². The zero-order valence-corrected chi connectivity index (χ0v) is 8.45. The van der Waals surface area contributed by atoms with Crippen molar-refractivity contribution < 1.29 is 4.74 Å². The highest BCUT2D eigenvalue weighted by molar-refractivity contribution is 5.76. The zero-order valence-electron chi connectivity index (χ0n) is 8.45. The maximum atomic E-state index is 8.55. The maximum Gasteiger partial charge on any atom is 0.121 e. The molecule has 0 radical (unpaired) electrons. The Bertz CT molecular complexity index is 510. The number of nitrogens with zero attached hydrogens (tertiary/aromatic N) is 2. The van der Waals surface area contributed by atoms with E-state index in [4.69, 9.17) is 10.00 Å². The predicted octanol–water partition coefficient (Wildman–Crippen LogP) is 2.03. The van der Waals surface area contributed by atoms with Crippen LogP contribution in [0, 0.1) is 11.3 Å². The van der Waals surface area contributed by atoms with Gasteiger partial charge in [-0.1, -0.05) is 0 Å². The summed E-state index contributed by atoms with van der Waals surface area (Å²) in [5.41, 5.74) is 1.77. The lowest BCUT2D eigenvalue weighted by molar-refractivity contribution is 0.340. The van der Waals surface area contributed by atoms with Gasteiger partial charge in [0.15, 0.2) is 0 Å². The highest BCUT2D eigenvalue weighted by atomic mass is 16.5. The van der Waals surface area contributed by atoms with E-state index in [0.717, 1.165) is 16.8 Å². The lowest BCUT2D eigenvalue weighted by Crippen LogP contribution is -1.90. The van der Waals surface area contributed by atoms with Crippen LogP contribution in [0.5, 0.6) is 5.75 Å². The van der Waals surface area contributed by atoms with Gasteiger partial charge in [0, 0.05) is 6.07 Å². The van der Waals surface area contributed by atoms with E-state index in [9.17, 15) is 0 Å². The van der Waals surface area contributed by atoms with E-state index in [0.29, 0.717) is 18.9 Å². The smallest absolute Gasteiger partial charge is 0.121 e. The number of nitriles is 1. The predicted molar refractivity (Wildman–Crippen MR) is 56.6 cm³/mol. The normalized spacial score (nSPS) is 10.1. The van der Waals surface area contributed by atoms with Gasteiger partial charge in [-0.25, -0.2) is 4.98 Å². The number of fused-ring (bicyclic) bond motifs is 1. The number of benzene rings is 1. The molecule has 2 aromatic rings. The second kappa shape index (κ2) is 4.01. The largest absolute Gasteiger partial charge is 0.494 e. The number of hydrogen-bond acceptors (Lipinski definition) is 3. The van der Waals surface area contributed by atoms with Crippen molar-refractivity contribution in [3.63, 3.8) is 0 Å². The van der Waals surface area contributed by atoms with Crippen LogP contribution in [0.2, 0.25) is 0 Å². The van der Waals surface area contributed by atoms with Crippen molar-refractivity contribution >= 4 is 11.0 Å². The molecular formula is C11H11N3O. The lowest BCUT2D eigenvalue weighted by Gasteiger charge is -2.00. The molecule has 0 amide bonds. The van der Waals surface area contributed by atoms with Crippen LogP contribution < -0.4 is 4.74 Å². The summed E-state index contributed by atoms with van der Waals surface area (Å²) < 4.78 is 5.37. The molecule has 2 rings (SSSR count). The summed E-state index contributed by atoms with van der Waals surface area (Å²) >= 11 is 0. The third kappa shape index (κ3) is 1.91. The zero-order chi connectivity index (χ0) is 10.7. The van der Waals surface area contributed by atoms with Crippen LogP contribution in [0.4, 0.5) is 0 Å². The molecule has 0 aliphatic rings. The standard InChI is InChI=1S/C11H11N3O/c1-2-15-8-3-4-9-10(7-8)14-11(13-9)5-6-12/h3-4,7H,2,5H2,1H3,(H,13,14). The molecule has 15 heavy (non-hydrogen) atoms. The average molecular weight is 201 g/mol. The molecule has 0 saturated heterocycles. The van der Waals surface area contributed by atoms with Gasteiger partial charge in [-0.2, -0.15) is 5.26 Å². The van der Waals surface area contributed by atoms with Crippen molar-refractivity contribution in [2.75, 3.05) is 6.61 Å². The quantitative estimate of drug-likeness (QED) is 0.826. The molecule has 4 heteroatoms. The Hall–Kier alpha value is -2.02. The topological polar surface area (TPSA) is 61.7 Å². The first-order valence-electron chi connectivity index (χ1n) is 4.82. The Morgan fingerprint density at radius 3 is 3.13 bits per heavy atom. The minimum Gasteiger partial charge on any atom is -0.494 e. The number of hydrogen-bond donors (Lipinski definition) is 1. The van der Waals surface area contributed by atoms with Gasteiger partial charge in [-0.15, -0.1) is 0 Å². The molecule has 1 aromatic carbocycles. The van der Waals surface area contributed by atoms with Gasteiger partial charge in [0.2, 0.25) is 0 Å². The Morgan fingerprint density at radius 1 is 1.53 bits per heavy atom. The van der Waals surface area contributed by atoms with Crippen LogP contribution in [-0.4, -0.2) is 16.6 Å². The van der Waals surface area contributed by atoms with Crippen LogP contribution in [0.3, 0.4) is 0 Å². The number of imidazole rings is 1. The molecular weight excluding hydrogens is 190 g/mol. The Kier molecular flexibility index (Phi) is 2.55. The molecule has 0 aliphatic heterocycles. The van der Waals surface area contributed by atoms with E-state index in [-0.39, 0.29) is 0 Å². The fourth-order valence-electron chi connectivity index (χ4n) is 1.46. The number of aromatic amines is 1. The number of H-pyrrole nitrogens is 1. The summed E-state index contributed by atoms with van der Waals surface area (Å²) in [6.07, 6.45) is 0.304. The van der Waals surface area contributed by atoms with E-state index in [1.807, 2.05) is 25.1 Å². The third-order valence-electron chi connectivity index (χ3n) is 2.06. The van der Waals surface area contributed by atoms with Crippen molar-refractivity contribution in [1.82, 2.24) is 9.97 Å². The molecule has 76 valence electrons. The average Bonchev–Trinajstić information content (AvgIpc) is 2.60. The molecule has 4 nitrogen and oxygen atoms in total. The first-order chi connectivity index (χ1) is 7.33. The van der Waals surface area contributed by atoms with Gasteiger partial charge in [0.05, 0.1) is 30.1 Å². The summed E-state index contributed by atoms with van der Waals surface area (Å²) in [5.74, 6) is 1.51. The van der Waals surface area contributed by atoms with E-state index >= 15 is 0 Å². The number of rotatable bonds is 3. The minimum atomic E-state index is 0.304. The van der Waals surface area contributed by atoms with Crippen LogP contribution in [-0.2, 0) is 6.42 Å². The van der Waals surface area contributed by atoms with Gasteiger partial charge in [-0.3, -0.25) is 0 Å². The van der Waals surface area contributed by atoms with Gasteiger partial charge in [0.25, 0.3) is 0 Å². The molecule has 0 atom stereocenters. The van der Waals surface area contributed by atoms with Gasteiger partial charge in [0.1, 0.15) is 11.6 Å². The Morgan fingerprint density at radius 2 is 2.40 bits per heavy atom. The maximum absolute atomic E-state index is 8.55. The molecule has 1 heterocycles. The van der Waals surface area contributed by atoms with Crippen molar-refractivity contribution in [3.05, 3.63) is 24.0 Å². The second-order valence-electron chi connectivity index (χ2n) is 3.13. The molecule has 0 unspecified atom stereocenters. The monoisotopic (exact) mass is 201 g/mol. The number of ether oxygens (including phenoxy) is 1. The molecule has 0 aliphatic carbocycles. The lowest BCUT2D eigenvalue weighted by atomic mass is 10.3. The Balaban J connectivity index is 2.39. The molecule has 0 saturated carbocycles. The SMILES string of the molecule is CCOc1ccc2nc(CC#N)[nH]c2c1. The molecule has 0 fully saturated rings.